The molecule has 2 bridgehead atoms. The van der Waals surface area contributed by atoms with Crippen molar-refractivity contribution in [2.24, 2.45) is 11.8 Å². The molecule has 7 heteroatoms. The molecular weight excluding hydrogens is 501 g/mol. The Morgan fingerprint density at radius 1 is 1.17 bits per heavy atom. The quantitative estimate of drug-likeness (QED) is 0.249. The van der Waals surface area contributed by atoms with E-state index in [1.54, 1.807) is 0 Å². The predicted octanol–water partition coefficient (Wildman–Crippen LogP) is 4.64. The molecule has 2 unspecified atom stereocenters. The molecular formula is C22H28INO4S. The largest absolute Gasteiger partial charge is 0.481 e. The van der Waals surface area contributed by atoms with Crippen molar-refractivity contribution in [2.75, 3.05) is 5.75 Å². The molecule has 0 heterocycles. The summed E-state index contributed by atoms with van der Waals surface area (Å²) in [5.74, 6) is 0.143. The monoisotopic (exact) mass is 529 g/mol. The highest BCUT2D eigenvalue weighted by Crippen LogP contribution is 2.49. The standard InChI is InChI=1S/C22H28INO4S/c23-19-11-7-16(8-12-19)13-14-29(27,28)24-22-18-10-9-17(15-18)20(22)5-3-1-2-4-6-21(25)26/h1,3,7-8,11-12,17-18,24H,2,4-6,9-10,13-15H2,(H,25,26). The molecule has 1 saturated carbocycles. The summed E-state index contributed by atoms with van der Waals surface area (Å²) >= 11 is 2.24. The summed E-state index contributed by atoms with van der Waals surface area (Å²) in [5, 5.41) is 8.69. The molecule has 3 rings (SSSR count). The number of hydrogen-bond acceptors (Lipinski definition) is 3. The molecule has 1 aromatic rings. The van der Waals surface area contributed by atoms with Gasteiger partial charge in [-0.3, -0.25) is 9.52 Å². The van der Waals surface area contributed by atoms with Gasteiger partial charge in [0, 0.05) is 21.6 Å². The van der Waals surface area contributed by atoms with Gasteiger partial charge in [-0.2, -0.15) is 0 Å². The fourth-order valence-electron chi connectivity index (χ4n) is 4.29. The molecule has 0 spiro atoms. The van der Waals surface area contributed by atoms with Gasteiger partial charge in [0.1, 0.15) is 0 Å². The summed E-state index contributed by atoms with van der Waals surface area (Å²) in [4.78, 5) is 10.6. The maximum Gasteiger partial charge on any atom is 0.303 e. The van der Waals surface area contributed by atoms with Gasteiger partial charge in [0.25, 0.3) is 0 Å². The molecule has 0 aromatic heterocycles. The fraction of sp³-hybridized carbons (Fsp3) is 0.500. The van der Waals surface area contributed by atoms with E-state index in [0.717, 1.165) is 46.9 Å². The Bertz CT molecular complexity index is 890. The van der Waals surface area contributed by atoms with Crippen LogP contribution in [0.25, 0.3) is 0 Å². The number of halogens is 1. The second-order valence-corrected chi connectivity index (χ2v) is 11.0. The molecule has 2 N–H and O–H groups in total. The van der Waals surface area contributed by atoms with Crippen LogP contribution in [0.5, 0.6) is 0 Å². The second kappa shape index (κ2) is 10.1. The van der Waals surface area contributed by atoms with Crippen molar-refractivity contribution in [3.63, 3.8) is 0 Å². The Labute approximate surface area is 186 Å². The zero-order valence-corrected chi connectivity index (χ0v) is 19.4. The summed E-state index contributed by atoms with van der Waals surface area (Å²) in [6, 6.07) is 7.95. The van der Waals surface area contributed by atoms with Crippen molar-refractivity contribution in [3.8, 4) is 0 Å². The molecule has 0 saturated heterocycles. The number of benzene rings is 1. The van der Waals surface area contributed by atoms with Crippen molar-refractivity contribution in [2.45, 2.75) is 51.4 Å². The topological polar surface area (TPSA) is 83.5 Å². The molecule has 0 aliphatic heterocycles. The van der Waals surface area contributed by atoms with Crippen LogP contribution in [0.2, 0.25) is 0 Å². The minimum Gasteiger partial charge on any atom is -0.481 e. The number of fused-ring (bicyclic) bond motifs is 2. The maximum absolute atomic E-state index is 12.7. The number of nitrogens with one attached hydrogen (secondary N) is 1. The van der Waals surface area contributed by atoms with Crippen LogP contribution >= 0.6 is 22.6 Å². The number of aryl methyl sites for hydroxylation is 1. The molecule has 158 valence electrons. The highest BCUT2D eigenvalue weighted by molar-refractivity contribution is 14.1. The predicted molar refractivity (Wildman–Crippen MR) is 123 cm³/mol. The van der Waals surface area contributed by atoms with Crippen molar-refractivity contribution in [1.82, 2.24) is 4.72 Å². The van der Waals surface area contributed by atoms with E-state index in [0.29, 0.717) is 24.7 Å². The second-order valence-electron chi connectivity index (χ2n) is 7.90. The summed E-state index contributed by atoms with van der Waals surface area (Å²) in [5.41, 5.74) is 3.19. The first-order valence-electron chi connectivity index (χ1n) is 10.2. The van der Waals surface area contributed by atoms with Crippen LogP contribution < -0.4 is 4.72 Å². The molecule has 0 radical (unpaired) electrons. The van der Waals surface area contributed by atoms with Gasteiger partial charge in [-0.1, -0.05) is 24.3 Å². The van der Waals surface area contributed by atoms with Crippen LogP contribution in [-0.2, 0) is 21.2 Å². The van der Waals surface area contributed by atoms with Crippen LogP contribution in [0.15, 0.2) is 47.7 Å². The number of carboxylic acids is 1. The van der Waals surface area contributed by atoms with Crippen LogP contribution in [-0.4, -0.2) is 25.2 Å². The zero-order valence-electron chi connectivity index (χ0n) is 16.4. The Morgan fingerprint density at radius 3 is 2.62 bits per heavy atom. The van der Waals surface area contributed by atoms with E-state index in [4.69, 9.17) is 5.11 Å². The molecule has 2 aliphatic carbocycles. The Morgan fingerprint density at radius 2 is 1.90 bits per heavy atom. The van der Waals surface area contributed by atoms with Crippen LogP contribution in [0, 0.1) is 15.4 Å². The third kappa shape index (κ3) is 6.57. The SMILES string of the molecule is O=C(O)CCCC=CCC1=C(NS(=O)(=O)CCc2ccc(I)cc2)C2CCC1C2. The minimum absolute atomic E-state index is 0.0901. The van der Waals surface area contributed by atoms with Gasteiger partial charge in [0.2, 0.25) is 10.0 Å². The minimum atomic E-state index is -3.38. The van der Waals surface area contributed by atoms with Gasteiger partial charge in [0.15, 0.2) is 0 Å². The summed E-state index contributed by atoms with van der Waals surface area (Å²) in [7, 11) is -3.38. The third-order valence-electron chi connectivity index (χ3n) is 5.78. The van der Waals surface area contributed by atoms with E-state index in [9.17, 15) is 13.2 Å². The van der Waals surface area contributed by atoms with Gasteiger partial charge in [-0.25, -0.2) is 8.42 Å². The van der Waals surface area contributed by atoms with Crippen molar-refractivity contribution in [1.29, 1.82) is 0 Å². The number of unbranched alkanes of at least 4 members (excludes halogenated alkanes) is 1. The van der Waals surface area contributed by atoms with Gasteiger partial charge in [-0.05, 0) is 96.7 Å². The van der Waals surface area contributed by atoms with Crippen molar-refractivity contribution in [3.05, 3.63) is 56.8 Å². The van der Waals surface area contributed by atoms with E-state index < -0.39 is 16.0 Å². The molecule has 0 amide bonds. The van der Waals surface area contributed by atoms with Crippen LogP contribution in [0.4, 0.5) is 0 Å². The summed E-state index contributed by atoms with van der Waals surface area (Å²) in [6.07, 6.45) is 10.2. The number of sulfonamides is 1. The first-order chi connectivity index (χ1) is 13.8. The lowest BCUT2D eigenvalue weighted by atomic mass is 9.93. The number of rotatable bonds is 11. The first-order valence-corrected chi connectivity index (χ1v) is 12.9. The normalized spacial score (nSPS) is 21.3. The number of carbonyl (C=O) groups is 1. The average Bonchev–Trinajstić information content (AvgIpc) is 3.26. The summed E-state index contributed by atoms with van der Waals surface area (Å²) < 4.78 is 29.5. The molecule has 1 aromatic carbocycles. The Hall–Kier alpha value is -1.35. The molecule has 2 aliphatic rings. The highest BCUT2D eigenvalue weighted by atomic mass is 127. The van der Waals surface area contributed by atoms with Gasteiger partial charge in [-0.15, -0.1) is 0 Å². The van der Waals surface area contributed by atoms with Crippen molar-refractivity contribution < 1.29 is 18.3 Å². The van der Waals surface area contributed by atoms with Gasteiger partial charge in [0.05, 0.1) is 5.75 Å². The zero-order chi connectivity index (χ0) is 20.9. The molecule has 2 atom stereocenters. The number of hydrogen-bond donors (Lipinski definition) is 2. The number of carboxylic acid groups (broad SMARTS) is 1. The smallest absolute Gasteiger partial charge is 0.303 e. The number of aliphatic carboxylic acids is 1. The average molecular weight is 529 g/mol. The van der Waals surface area contributed by atoms with E-state index in [1.807, 2.05) is 30.3 Å². The third-order valence-corrected chi connectivity index (χ3v) is 7.78. The summed E-state index contributed by atoms with van der Waals surface area (Å²) in [6.45, 7) is 0. The lowest BCUT2D eigenvalue weighted by Gasteiger charge is -2.21. The van der Waals surface area contributed by atoms with Gasteiger partial charge < -0.3 is 5.11 Å². The lowest BCUT2D eigenvalue weighted by Crippen LogP contribution is -2.30. The van der Waals surface area contributed by atoms with E-state index >= 15 is 0 Å². The molecule has 5 nitrogen and oxygen atoms in total. The Kier molecular flexibility index (Phi) is 7.79. The van der Waals surface area contributed by atoms with E-state index in [-0.39, 0.29) is 12.2 Å². The first kappa shape index (κ1) is 22.3. The maximum atomic E-state index is 12.7. The molecule has 29 heavy (non-hydrogen) atoms. The highest BCUT2D eigenvalue weighted by Gasteiger charge is 2.39. The molecule has 1 fully saturated rings. The van der Waals surface area contributed by atoms with E-state index in [1.165, 1.54) is 5.57 Å². The van der Waals surface area contributed by atoms with Gasteiger partial charge >= 0.3 is 5.97 Å². The van der Waals surface area contributed by atoms with Crippen LogP contribution in [0.1, 0.15) is 50.5 Å². The van der Waals surface area contributed by atoms with E-state index in [2.05, 4.69) is 33.4 Å². The van der Waals surface area contributed by atoms with Crippen molar-refractivity contribution >= 4 is 38.6 Å². The Balaban J connectivity index is 1.59. The fourth-order valence-corrected chi connectivity index (χ4v) is 5.89. The lowest BCUT2D eigenvalue weighted by molar-refractivity contribution is -0.137. The van der Waals surface area contributed by atoms with Crippen LogP contribution in [0.3, 0.4) is 0 Å². The number of allylic oxidation sites excluding steroid dienone is 4.